The van der Waals surface area contributed by atoms with Gasteiger partial charge in [-0.25, -0.2) is 0 Å². The van der Waals surface area contributed by atoms with E-state index in [1.807, 2.05) is 6.92 Å². The molecular formula is C9H15N3O3. The summed E-state index contributed by atoms with van der Waals surface area (Å²) in [6.45, 7) is 2.28. The van der Waals surface area contributed by atoms with E-state index in [4.69, 9.17) is 0 Å². The third kappa shape index (κ3) is 3.32. The van der Waals surface area contributed by atoms with Crippen molar-refractivity contribution in [3.63, 3.8) is 0 Å². The number of nitrogens with one attached hydrogen (secondary N) is 2. The molecule has 1 unspecified atom stereocenters. The van der Waals surface area contributed by atoms with Crippen LogP contribution in [0, 0.1) is 0 Å². The first-order chi connectivity index (χ1) is 7.02. The standard InChI is InChI=1S/C9H15N3O3/c1-6(10-2)4-12-5-8(14)11-7(13)3-9(12)15/h6,10H,3-5H2,1-2H3,(H,11,13,14). The zero-order chi connectivity index (χ0) is 11.4. The van der Waals surface area contributed by atoms with Crippen molar-refractivity contribution in [1.29, 1.82) is 0 Å². The van der Waals surface area contributed by atoms with Crippen molar-refractivity contribution in [2.75, 3.05) is 20.1 Å². The van der Waals surface area contributed by atoms with Crippen molar-refractivity contribution in [1.82, 2.24) is 15.5 Å². The molecule has 0 spiro atoms. The lowest BCUT2D eigenvalue weighted by Crippen LogP contribution is -2.43. The second kappa shape index (κ2) is 4.88. The van der Waals surface area contributed by atoms with Crippen molar-refractivity contribution in [2.45, 2.75) is 19.4 Å². The van der Waals surface area contributed by atoms with Crippen LogP contribution >= 0.6 is 0 Å². The summed E-state index contributed by atoms with van der Waals surface area (Å²) in [7, 11) is 1.78. The fourth-order valence-electron chi connectivity index (χ4n) is 1.34. The van der Waals surface area contributed by atoms with Crippen molar-refractivity contribution in [3.8, 4) is 0 Å². The largest absolute Gasteiger partial charge is 0.331 e. The zero-order valence-electron chi connectivity index (χ0n) is 8.87. The first-order valence-electron chi connectivity index (χ1n) is 4.80. The Morgan fingerprint density at radius 1 is 1.40 bits per heavy atom. The molecule has 0 radical (unpaired) electrons. The van der Waals surface area contributed by atoms with Gasteiger partial charge in [-0.1, -0.05) is 0 Å². The van der Waals surface area contributed by atoms with Gasteiger partial charge in [0.2, 0.25) is 17.7 Å². The summed E-state index contributed by atoms with van der Waals surface area (Å²) in [5.74, 6) is -1.25. The Labute approximate surface area is 88.0 Å². The number of amides is 3. The number of hydrogen-bond donors (Lipinski definition) is 2. The van der Waals surface area contributed by atoms with E-state index >= 15 is 0 Å². The minimum Gasteiger partial charge on any atom is -0.331 e. The van der Waals surface area contributed by atoms with Crippen molar-refractivity contribution in [2.24, 2.45) is 0 Å². The highest BCUT2D eigenvalue weighted by Gasteiger charge is 2.26. The predicted octanol–water partition coefficient (Wildman–Crippen LogP) is -1.53. The van der Waals surface area contributed by atoms with E-state index in [9.17, 15) is 14.4 Å². The van der Waals surface area contributed by atoms with Crippen LogP contribution in [0.15, 0.2) is 0 Å². The molecule has 6 heteroatoms. The minimum absolute atomic E-state index is 0.0450. The van der Waals surface area contributed by atoms with Crippen LogP contribution in [0.25, 0.3) is 0 Å². The SMILES string of the molecule is CNC(C)CN1CC(=O)NC(=O)CC1=O. The normalized spacial score (nSPS) is 19.9. The highest BCUT2D eigenvalue weighted by atomic mass is 16.2. The number of imide groups is 1. The number of likely N-dealkylation sites (N-methyl/N-ethyl adjacent to an activating group) is 1. The van der Waals surface area contributed by atoms with Crippen molar-refractivity contribution in [3.05, 3.63) is 0 Å². The van der Waals surface area contributed by atoms with Crippen LogP contribution in [0.1, 0.15) is 13.3 Å². The molecule has 3 amide bonds. The predicted molar refractivity (Wildman–Crippen MR) is 52.9 cm³/mol. The van der Waals surface area contributed by atoms with Gasteiger partial charge in [0.05, 0.1) is 0 Å². The Morgan fingerprint density at radius 2 is 2.07 bits per heavy atom. The van der Waals surface area contributed by atoms with Crippen LogP contribution in [0.5, 0.6) is 0 Å². The molecule has 15 heavy (non-hydrogen) atoms. The number of carbonyl (C=O) groups is 3. The van der Waals surface area contributed by atoms with Gasteiger partial charge in [-0.3, -0.25) is 19.7 Å². The Kier molecular flexibility index (Phi) is 3.79. The van der Waals surface area contributed by atoms with Gasteiger partial charge in [-0.2, -0.15) is 0 Å². The zero-order valence-corrected chi connectivity index (χ0v) is 8.87. The summed E-state index contributed by atoms with van der Waals surface area (Å²) in [5, 5.41) is 5.10. The van der Waals surface area contributed by atoms with Gasteiger partial charge in [-0.05, 0) is 14.0 Å². The van der Waals surface area contributed by atoms with Gasteiger partial charge in [-0.15, -0.1) is 0 Å². The molecule has 0 aliphatic carbocycles. The topological polar surface area (TPSA) is 78.5 Å². The fraction of sp³-hybridized carbons (Fsp3) is 0.667. The van der Waals surface area contributed by atoms with Gasteiger partial charge >= 0.3 is 0 Å². The van der Waals surface area contributed by atoms with Gasteiger partial charge in [0.25, 0.3) is 0 Å². The Balaban J connectivity index is 2.65. The summed E-state index contributed by atoms with van der Waals surface area (Å²) in [4.78, 5) is 35.1. The van der Waals surface area contributed by atoms with Crippen LogP contribution in [-0.2, 0) is 14.4 Å². The monoisotopic (exact) mass is 213 g/mol. The van der Waals surface area contributed by atoms with Crippen LogP contribution in [0.4, 0.5) is 0 Å². The van der Waals surface area contributed by atoms with Gasteiger partial charge in [0.15, 0.2) is 0 Å². The molecule has 1 saturated heterocycles. The van der Waals surface area contributed by atoms with E-state index in [0.717, 1.165) is 0 Å². The molecule has 1 atom stereocenters. The van der Waals surface area contributed by atoms with Gasteiger partial charge in [0, 0.05) is 12.6 Å². The van der Waals surface area contributed by atoms with E-state index < -0.39 is 11.8 Å². The molecule has 0 saturated carbocycles. The van der Waals surface area contributed by atoms with E-state index in [-0.39, 0.29) is 24.9 Å². The first kappa shape index (κ1) is 11.6. The summed E-state index contributed by atoms with van der Waals surface area (Å²) in [5.41, 5.74) is 0. The molecule has 0 bridgehead atoms. The maximum Gasteiger partial charge on any atom is 0.246 e. The molecule has 1 rings (SSSR count). The third-order valence-electron chi connectivity index (χ3n) is 2.26. The van der Waals surface area contributed by atoms with Crippen LogP contribution < -0.4 is 10.6 Å². The molecule has 0 aromatic rings. The molecule has 2 N–H and O–H groups in total. The molecule has 0 aromatic carbocycles. The summed E-state index contributed by atoms with van der Waals surface area (Å²) in [6.07, 6.45) is -0.248. The van der Waals surface area contributed by atoms with E-state index in [1.54, 1.807) is 7.05 Å². The minimum atomic E-state index is -0.524. The maximum atomic E-state index is 11.5. The molecular weight excluding hydrogens is 198 g/mol. The quantitative estimate of drug-likeness (QED) is 0.440. The Morgan fingerprint density at radius 3 is 2.67 bits per heavy atom. The second-order valence-corrected chi connectivity index (χ2v) is 3.61. The molecule has 1 aliphatic heterocycles. The Bertz CT molecular complexity index is 290. The van der Waals surface area contributed by atoms with Crippen LogP contribution in [0.3, 0.4) is 0 Å². The molecule has 1 heterocycles. The average molecular weight is 213 g/mol. The van der Waals surface area contributed by atoms with Gasteiger partial charge < -0.3 is 10.2 Å². The van der Waals surface area contributed by atoms with E-state index in [1.165, 1.54) is 4.90 Å². The van der Waals surface area contributed by atoms with E-state index in [2.05, 4.69) is 10.6 Å². The lowest BCUT2D eigenvalue weighted by molar-refractivity contribution is -0.134. The smallest absolute Gasteiger partial charge is 0.246 e. The summed E-state index contributed by atoms with van der Waals surface area (Å²) >= 11 is 0. The number of hydrogen-bond acceptors (Lipinski definition) is 4. The van der Waals surface area contributed by atoms with Gasteiger partial charge in [0.1, 0.15) is 13.0 Å². The lowest BCUT2D eigenvalue weighted by atomic mass is 10.3. The number of nitrogens with zero attached hydrogens (tertiary/aromatic N) is 1. The fourth-order valence-corrected chi connectivity index (χ4v) is 1.34. The Hall–Kier alpha value is -1.43. The number of rotatable bonds is 3. The van der Waals surface area contributed by atoms with Crippen LogP contribution in [-0.4, -0.2) is 48.8 Å². The molecule has 0 aromatic heterocycles. The maximum absolute atomic E-state index is 11.5. The summed E-state index contributed by atoms with van der Waals surface area (Å²) in [6, 6.07) is 0.0925. The molecule has 1 aliphatic rings. The van der Waals surface area contributed by atoms with Crippen LogP contribution in [0.2, 0.25) is 0 Å². The molecule has 1 fully saturated rings. The summed E-state index contributed by atoms with van der Waals surface area (Å²) < 4.78 is 0. The second-order valence-electron chi connectivity index (χ2n) is 3.61. The number of carbonyl (C=O) groups excluding carboxylic acids is 3. The molecule has 6 nitrogen and oxygen atoms in total. The third-order valence-corrected chi connectivity index (χ3v) is 2.26. The van der Waals surface area contributed by atoms with Crippen molar-refractivity contribution < 1.29 is 14.4 Å². The van der Waals surface area contributed by atoms with Crippen molar-refractivity contribution >= 4 is 17.7 Å². The average Bonchev–Trinajstić information content (AvgIpc) is 2.25. The highest BCUT2D eigenvalue weighted by Crippen LogP contribution is 2.00. The molecule has 84 valence electrons. The highest BCUT2D eigenvalue weighted by molar-refractivity contribution is 6.07. The van der Waals surface area contributed by atoms with E-state index in [0.29, 0.717) is 6.54 Å². The lowest BCUT2D eigenvalue weighted by Gasteiger charge is -2.22. The first-order valence-corrected chi connectivity index (χ1v) is 4.80.